The third-order valence-electron chi connectivity index (χ3n) is 4.47. The SMILES string of the molecule is NC(=NCCC1CCc2ccccc21)NC1CCC1. The van der Waals surface area contributed by atoms with Crippen LogP contribution >= 0.6 is 0 Å². The summed E-state index contributed by atoms with van der Waals surface area (Å²) in [4.78, 5) is 4.47. The van der Waals surface area contributed by atoms with E-state index in [1.807, 2.05) is 0 Å². The molecule has 1 aromatic rings. The maximum absolute atomic E-state index is 5.90. The van der Waals surface area contributed by atoms with Crippen LogP contribution in [0.2, 0.25) is 0 Å². The number of aryl methyl sites for hydroxylation is 1. The van der Waals surface area contributed by atoms with Crippen LogP contribution in [0, 0.1) is 0 Å². The lowest BCUT2D eigenvalue weighted by Crippen LogP contribution is -2.43. The molecule has 0 spiro atoms. The van der Waals surface area contributed by atoms with Crippen LogP contribution < -0.4 is 11.1 Å². The van der Waals surface area contributed by atoms with Gasteiger partial charge >= 0.3 is 0 Å². The van der Waals surface area contributed by atoms with Crippen molar-refractivity contribution < 1.29 is 0 Å². The molecule has 2 aliphatic carbocycles. The molecule has 2 aliphatic rings. The lowest BCUT2D eigenvalue weighted by atomic mass is 9.93. The zero-order valence-electron chi connectivity index (χ0n) is 11.4. The van der Waals surface area contributed by atoms with Crippen molar-refractivity contribution >= 4 is 5.96 Å². The van der Waals surface area contributed by atoms with Gasteiger partial charge in [0.2, 0.25) is 0 Å². The molecular formula is C16H23N3. The molecular weight excluding hydrogens is 234 g/mol. The molecule has 0 radical (unpaired) electrons. The number of guanidine groups is 1. The minimum Gasteiger partial charge on any atom is -0.370 e. The van der Waals surface area contributed by atoms with Crippen molar-refractivity contribution in [1.29, 1.82) is 0 Å². The molecule has 1 saturated carbocycles. The second kappa shape index (κ2) is 5.64. The van der Waals surface area contributed by atoms with Crippen LogP contribution in [0.4, 0.5) is 0 Å². The Kier molecular flexibility index (Phi) is 3.72. The highest BCUT2D eigenvalue weighted by Gasteiger charge is 2.21. The maximum Gasteiger partial charge on any atom is 0.188 e. The molecule has 3 N–H and O–H groups in total. The fourth-order valence-electron chi connectivity index (χ4n) is 3.09. The van der Waals surface area contributed by atoms with E-state index in [1.54, 1.807) is 0 Å². The summed E-state index contributed by atoms with van der Waals surface area (Å²) < 4.78 is 0. The summed E-state index contributed by atoms with van der Waals surface area (Å²) in [7, 11) is 0. The molecule has 0 bridgehead atoms. The fraction of sp³-hybridized carbons (Fsp3) is 0.562. The van der Waals surface area contributed by atoms with Crippen LogP contribution in [0.15, 0.2) is 29.3 Å². The predicted octanol–water partition coefficient (Wildman–Crippen LogP) is 2.56. The predicted molar refractivity (Wildman–Crippen MR) is 79.4 cm³/mol. The number of hydrogen-bond donors (Lipinski definition) is 2. The first-order chi connectivity index (χ1) is 9.33. The first-order valence-corrected chi connectivity index (χ1v) is 7.47. The Morgan fingerprint density at radius 1 is 1.26 bits per heavy atom. The summed E-state index contributed by atoms with van der Waals surface area (Å²) in [6.07, 6.45) is 7.41. The Labute approximate surface area is 115 Å². The Morgan fingerprint density at radius 2 is 2.11 bits per heavy atom. The van der Waals surface area contributed by atoms with Crippen LogP contribution in [0.25, 0.3) is 0 Å². The Hall–Kier alpha value is -1.51. The molecule has 1 fully saturated rings. The third kappa shape index (κ3) is 2.91. The number of rotatable bonds is 4. The normalized spacial score (nSPS) is 22.9. The van der Waals surface area contributed by atoms with Gasteiger partial charge in [-0.1, -0.05) is 24.3 Å². The van der Waals surface area contributed by atoms with Crippen LogP contribution in [0.3, 0.4) is 0 Å². The van der Waals surface area contributed by atoms with Crippen molar-refractivity contribution in [3.05, 3.63) is 35.4 Å². The Balaban J connectivity index is 1.49. The number of aliphatic imine (C=N–C) groups is 1. The van der Waals surface area contributed by atoms with Gasteiger partial charge in [0.1, 0.15) is 0 Å². The largest absolute Gasteiger partial charge is 0.370 e. The van der Waals surface area contributed by atoms with Crippen molar-refractivity contribution in [2.24, 2.45) is 10.7 Å². The average Bonchev–Trinajstić information content (AvgIpc) is 2.78. The molecule has 1 unspecified atom stereocenters. The zero-order chi connectivity index (χ0) is 13.1. The lowest BCUT2D eigenvalue weighted by molar-refractivity contribution is 0.382. The summed E-state index contributed by atoms with van der Waals surface area (Å²) in [5.74, 6) is 1.31. The molecule has 1 aromatic carbocycles. The Bertz CT molecular complexity index is 463. The molecule has 3 nitrogen and oxygen atoms in total. The van der Waals surface area contributed by atoms with E-state index in [9.17, 15) is 0 Å². The van der Waals surface area contributed by atoms with E-state index in [-0.39, 0.29) is 0 Å². The van der Waals surface area contributed by atoms with E-state index in [4.69, 9.17) is 5.73 Å². The van der Waals surface area contributed by atoms with Crippen LogP contribution in [-0.2, 0) is 6.42 Å². The van der Waals surface area contributed by atoms with E-state index in [0.29, 0.717) is 17.9 Å². The van der Waals surface area contributed by atoms with Gasteiger partial charge in [0.05, 0.1) is 0 Å². The number of fused-ring (bicyclic) bond motifs is 1. The van der Waals surface area contributed by atoms with Crippen molar-refractivity contribution in [2.45, 2.75) is 50.5 Å². The van der Waals surface area contributed by atoms with Crippen molar-refractivity contribution in [3.63, 3.8) is 0 Å². The number of nitrogens with zero attached hydrogens (tertiary/aromatic N) is 1. The number of nitrogens with one attached hydrogen (secondary N) is 1. The van der Waals surface area contributed by atoms with Gasteiger partial charge in [0.15, 0.2) is 5.96 Å². The molecule has 1 atom stereocenters. The van der Waals surface area contributed by atoms with E-state index in [1.165, 1.54) is 43.2 Å². The summed E-state index contributed by atoms with van der Waals surface area (Å²) in [6.45, 7) is 0.838. The van der Waals surface area contributed by atoms with Crippen LogP contribution in [0.5, 0.6) is 0 Å². The standard InChI is InChI=1S/C16H23N3/c17-16(19-14-5-3-6-14)18-11-10-13-9-8-12-4-1-2-7-15(12)13/h1-2,4,7,13-14H,3,5-6,8-11H2,(H3,17,18,19). The van der Waals surface area contributed by atoms with Crippen LogP contribution in [0.1, 0.15) is 49.1 Å². The molecule has 102 valence electrons. The molecule has 0 saturated heterocycles. The first-order valence-electron chi connectivity index (χ1n) is 7.47. The minimum absolute atomic E-state index is 0.580. The van der Waals surface area contributed by atoms with Crippen molar-refractivity contribution in [1.82, 2.24) is 5.32 Å². The highest BCUT2D eigenvalue weighted by Crippen LogP contribution is 2.34. The molecule has 0 amide bonds. The van der Waals surface area contributed by atoms with Gasteiger partial charge in [0, 0.05) is 12.6 Å². The second-order valence-corrected chi connectivity index (χ2v) is 5.76. The number of hydrogen-bond acceptors (Lipinski definition) is 1. The highest BCUT2D eigenvalue weighted by molar-refractivity contribution is 5.78. The molecule has 0 aromatic heterocycles. The summed E-state index contributed by atoms with van der Waals surface area (Å²) in [6, 6.07) is 9.39. The molecule has 3 heteroatoms. The number of benzene rings is 1. The van der Waals surface area contributed by atoms with Crippen molar-refractivity contribution in [2.75, 3.05) is 6.54 Å². The van der Waals surface area contributed by atoms with Gasteiger partial charge in [0.25, 0.3) is 0 Å². The molecule has 19 heavy (non-hydrogen) atoms. The topological polar surface area (TPSA) is 50.4 Å². The quantitative estimate of drug-likeness (QED) is 0.643. The minimum atomic E-state index is 0.580. The third-order valence-corrected chi connectivity index (χ3v) is 4.47. The van der Waals surface area contributed by atoms with Gasteiger partial charge in [-0.3, -0.25) is 4.99 Å². The van der Waals surface area contributed by atoms with E-state index >= 15 is 0 Å². The van der Waals surface area contributed by atoms with Crippen molar-refractivity contribution in [3.8, 4) is 0 Å². The van der Waals surface area contributed by atoms with E-state index < -0.39 is 0 Å². The van der Waals surface area contributed by atoms with Gasteiger partial charge in [-0.05, 0) is 55.6 Å². The van der Waals surface area contributed by atoms with E-state index in [0.717, 1.165) is 13.0 Å². The molecule has 0 aliphatic heterocycles. The lowest BCUT2D eigenvalue weighted by Gasteiger charge is -2.26. The van der Waals surface area contributed by atoms with E-state index in [2.05, 4.69) is 34.6 Å². The van der Waals surface area contributed by atoms with Gasteiger partial charge in [-0.2, -0.15) is 0 Å². The first kappa shape index (κ1) is 12.5. The summed E-state index contributed by atoms with van der Waals surface area (Å²) in [5, 5.41) is 3.29. The summed E-state index contributed by atoms with van der Waals surface area (Å²) >= 11 is 0. The fourth-order valence-corrected chi connectivity index (χ4v) is 3.09. The maximum atomic E-state index is 5.90. The second-order valence-electron chi connectivity index (χ2n) is 5.76. The zero-order valence-corrected chi connectivity index (χ0v) is 11.4. The smallest absolute Gasteiger partial charge is 0.188 e. The average molecular weight is 257 g/mol. The Morgan fingerprint density at radius 3 is 2.89 bits per heavy atom. The van der Waals surface area contributed by atoms with Crippen LogP contribution in [-0.4, -0.2) is 18.5 Å². The highest BCUT2D eigenvalue weighted by atomic mass is 15.1. The van der Waals surface area contributed by atoms with Gasteiger partial charge in [-0.25, -0.2) is 0 Å². The molecule has 3 rings (SSSR count). The monoisotopic (exact) mass is 257 g/mol. The number of nitrogens with two attached hydrogens (primary N) is 1. The van der Waals surface area contributed by atoms with Gasteiger partial charge in [-0.15, -0.1) is 0 Å². The molecule has 0 heterocycles. The summed E-state index contributed by atoms with van der Waals surface area (Å²) in [5.41, 5.74) is 8.96. The van der Waals surface area contributed by atoms with Gasteiger partial charge < -0.3 is 11.1 Å².